The number of carbonyl (C=O) groups excluding carboxylic acids is 1. The Morgan fingerprint density at radius 1 is 1.07 bits per heavy atom. The molecule has 2 aromatic carbocycles. The molecule has 0 aliphatic heterocycles. The van der Waals surface area contributed by atoms with Crippen molar-refractivity contribution < 1.29 is 57.3 Å². The standard InChI is InChI=1S/C18H21NO6S.Na/c1-13(11-14-3-5-16(6-4-14)25-12-18(20)21)19-26(22,23)17-9-7-15(24-2)8-10-17;/h3-10,13,19H,11-12H2,1-2H3,(H,20,21);/q;+1/p-1. The van der Waals surface area contributed by atoms with Crippen molar-refractivity contribution in [2.45, 2.75) is 24.3 Å². The van der Waals surface area contributed by atoms with Crippen LogP contribution in [0.25, 0.3) is 0 Å². The van der Waals surface area contributed by atoms with Crippen molar-refractivity contribution in [2.75, 3.05) is 13.7 Å². The summed E-state index contributed by atoms with van der Waals surface area (Å²) in [7, 11) is -2.12. The molecule has 0 aliphatic carbocycles. The SMILES string of the molecule is COc1ccc(S(=O)(=O)NC(C)Cc2ccc(OCC(=O)[O-])cc2)cc1.[Na+]. The monoisotopic (exact) mass is 401 g/mol. The normalized spacial score (nSPS) is 11.9. The van der Waals surface area contributed by atoms with Crippen molar-refractivity contribution in [1.82, 2.24) is 4.72 Å². The smallest absolute Gasteiger partial charge is 0.546 e. The van der Waals surface area contributed by atoms with Crippen LogP contribution in [0.3, 0.4) is 0 Å². The Bertz CT molecular complexity index is 837. The van der Waals surface area contributed by atoms with Gasteiger partial charge in [-0.3, -0.25) is 0 Å². The van der Waals surface area contributed by atoms with Gasteiger partial charge in [-0.05, 0) is 55.3 Å². The molecule has 27 heavy (non-hydrogen) atoms. The zero-order chi connectivity index (χ0) is 19.2. The molecule has 0 spiro atoms. The van der Waals surface area contributed by atoms with Gasteiger partial charge >= 0.3 is 29.6 Å². The van der Waals surface area contributed by atoms with E-state index in [9.17, 15) is 18.3 Å². The number of carboxylic acid groups (broad SMARTS) is 1. The van der Waals surface area contributed by atoms with Crippen LogP contribution in [0.5, 0.6) is 11.5 Å². The van der Waals surface area contributed by atoms with Crippen molar-refractivity contribution in [2.24, 2.45) is 0 Å². The van der Waals surface area contributed by atoms with Crippen molar-refractivity contribution in [3.05, 3.63) is 54.1 Å². The molecule has 1 atom stereocenters. The summed E-state index contributed by atoms with van der Waals surface area (Å²) >= 11 is 0. The Morgan fingerprint density at radius 3 is 2.15 bits per heavy atom. The van der Waals surface area contributed by atoms with Gasteiger partial charge in [-0.2, -0.15) is 0 Å². The van der Waals surface area contributed by atoms with Crippen molar-refractivity contribution in [1.29, 1.82) is 0 Å². The van der Waals surface area contributed by atoms with Crippen LogP contribution in [0.2, 0.25) is 0 Å². The molecule has 0 amide bonds. The maximum absolute atomic E-state index is 12.4. The number of aliphatic carboxylic acids is 1. The van der Waals surface area contributed by atoms with Gasteiger partial charge in [-0.15, -0.1) is 0 Å². The van der Waals surface area contributed by atoms with E-state index in [4.69, 9.17) is 9.47 Å². The Morgan fingerprint density at radius 2 is 1.63 bits per heavy atom. The van der Waals surface area contributed by atoms with Gasteiger partial charge in [0, 0.05) is 6.04 Å². The van der Waals surface area contributed by atoms with Crippen LogP contribution in [-0.2, 0) is 21.2 Å². The second-order valence-electron chi connectivity index (χ2n) is 5.71. The first-order chi connectivity index (χ1) is 12.3. The van der Waals surface area contributed by atoms with Gasteiger partial charge in [0.25, 0.3) is 0 Å². The topological polar surface area (TPSA) is 105 Å². The quantitative estimate of drug-likeness (QED) is 0.476. The molecule has 0 saturated carbocycles. The van der Waals surface area contributed by atoms with Gasteiger partial charge in [-0.1, -0.05) is 12.1 Å². The van der Waals surface area contributed by atoms with E-state index >= 15 is 0 Å². The van der Waals surface area contributed by atoms with Crippen molar-refractivity contribution in [3.8, 4) is 11.5 Å². The third-order valence-electron chi connectivity index (χ3n) is 3.55. The molecule has 7 nitrogen and oxygen atoms in total. The third-order valence-corrected chi connectivity index (χ3v) is 5.15. The first kappa shape index (κ1) is 23.5. The summed E-state index contributed by atoms with van der Waals surface area (Å²) in [4.78, 5) is 10.5. The molecular formula is C18H20NNaO6S. The Balaban J connectivity index is 0.00000364. The minimum Gasteiger partial charge on any atom is -0.546 e. The molecule has 0 saturated heterocycles. The fourth-order valence-electron chi connectivity index (χ4n) is 2.35. The maximum Gasteiger partial charge on any atom is 1.00 e. The fourth-order valence-corrected chi connectivity index (χ4v) is 3.59. The van der Waals surface area contributed by atoms with Crippen LogP contribution in [0.15, 0.2) is 53.4 Å². The van der Waals surface area contributed by atoms with E-state index in [0.717, 1.165) is 5.56 Å². The minimum absolute atomic E-state index is 0. The number of hydrogen-bond acceptors (Lipinski definition) is 6. The number of nitrogens with one attached hydrogen (secondary N) is 1. The van der Waals surface area contributed by atoms with E-state index in [1.165, 1.54) is 19.2 Å². The van der Waals surface area contributed by atoms with Crippen molar-refractivity contribution in [3.63, 3.8) is 0 Å². The molecule has 0 heterocycles. The van der Waals surface area contributed by atoms with E-state index < -0.39 is 22.6 Å². The Kier molecular flexibility index (Phi) is 9.28. The van der Waals surface area contributed by atoms with Gasteiger partial charge in [0.1, 0.15) is 18.1 Å². The van der Waals surface area contributed by atoms with Crippen LogP contribution in [0.4, 0.5) is 0 Å². The zero-order valence-electron chi connectivity index (χ0n) is 15.5. The fraction of sp³-hybridized carbons (Fsp3) is 0.278. The number of rotatable bonds is 9. The zero-order valence-corrected chi connectivity index (χ0v) is 18.3. The summed E-state index contributed by atoms with van der Waals surface area (Å²) in [5, 5.41) is 10.4. The maximum atomic E-state index is 12.4. The van der Waals surface area contributed by atoms with Crippen LogP contribution >= 0.6 is 0 Å². The molecule has 2 rings (SSSR count). The average Bonchev–Trinajstić information content (AvgIpc) is 2.60. The summed E-state index contributed by atoms with van der Waals surface area (Å²) < 4.78 is 37.5. The summed E-state index contributed by atoms with van der Waals surface area (Å²) in [6.45, 7) is 1.25. The first-order valence-electron chi connectivity index (χ1n) is 7.88. The predicted molar refractivity (Wildman–Crippen MR) is 93.4 cm³/mol. The molecule has 0 aliphatic rings. The van der Waals surface area contributed by atoms with Crippen LogP contribution < -0.4 is 48.9 Å². The molecular weight excluding hydrogens is 381 g/mol. The number of benzene rings is 2. The largest absolute Gasteiger partial charge is 1.00 e. The summed E-state index contributed by atoms with van der Waals surface area (Å²) in [5.41, 5.74) is 0.885. The molecule has 2 aromatic rings. The van der Waals surface area contributed by atoms with Crippen LogP contribution in [0.1, 0.15) is 12.5 Å². The second kappa shape index (κ2) is 10.7. The number of carboxylic acids is 1. The molecule has 1 unspecified atom stereocenters. The van der Waals surface area contributed by atoms with E-state index in [0.29, 0.717) is 17.9 Å². The molecule has 0 radical (unpaired) electrons. The summed E-state index contributed by atoms with van der Waals surface area (Å²) in [5.74, 6) is -0.307. The van der Waals surface area contributed by atoms with Crippen molar-refractivity contribution >= 4 is 16.0 Å². The molecule has 9 heteroatoms. The molecule has 0 aromatic heterocycles. The Labute approximate surface area is 181 Å². The van der Waals surface area contributed by atoms with E-state index in [1.807, 2.05) is 0 Å². The van der Waals surface area contributed by atoms with E-state index in [-0.39, 0.29) is 40.5 Å². The van der Waals surface area contributed by atoms with Gasteiger partial charge in [0.05, 0.1) is 18.0 Å². The average molecular weight is 401 g/mol. The number of sulfonamides is 1. The molecule has 140 valence electrons. The summed E-state index contributed by atoms with van der Waals surface area (Å²) in [6.07, 6.45) is 0.468. The predicted octanol–water partition coefficient (Wildman–Crippen LogP) is -2.26. The van der Waals surface area contributed by atoms with Gasteiger partial charge < -0.3 is 19.4 Å². The van der Waals surface area contributed by atoms with Crippen LogP contribution in [-0.4, -0.2) is 34.1 Å². The molecule has 1 N–H and O–H groups in total. The van der Waals surface area contributed by atoms with Gasteiger partial charge in [-0.25, -0.2) is 13.1 Å². The number of ether oxygens (including phenoxy) is 2. The number of hydrogen-bond donors (Lipinski definition) is 1. The summed E-state index contributed by atoms with van der Waals surface area (Å²) in [6, 6.07) is 12.6. The van der Waals surface area contributed by atoms with Gasteiger partial charge in [0.2, 0.25) is 10.0 Å². The van der Waals surface area contributed by atoms with Crippen LogP contribution in [0, 0.1) is 0 Å². The first-order valence-corrected chi connectivity index (χ1v) is 9.36. The molecule has 0 fully saturated rings. The minimum atomic E-state index is -3.63. The number of carbonyl (C=O) groups is 1. The second-order valence-corrected chi connectivity index (χ2v) is 7.42. The Hall–Kier alpha value is -1.58. The number of methoxy groups -OCH3 is 1. The van der Waals surface area contributed by atoms with E-state index in [2.05, 4.69) is 4.72 Å². The molecule has 0 bridgehead atoms. The third kappa shape index (κ3) is 7.51. The van der Waals surface area contributed by atoms with E-state index in [1.54, 1.807) is 43.3 Å². The van der Waals surface area contributed by atoms with Gasteiger partial charge in [0.15, 0.2) is 0 Å².